The Morgan fingerprint density at radius 3 is 1.03 bits per heavy atom. The molecule has 4 heteroatoms. The lowest BCUT2D eigenvalue weighted by molar-refractivity contribution is -0.132. The second-order valence-corrected chi connectivity index (χ2v) is 12.6. The first-order chi connectivity index (χ1) is 15.4. The van der Waals surface area contributed by atoms with Gasteiger partial charge in [-0.15, -0.1) is 0 Å². The maximum absolute atomic E-state index is 13.0. The van der Waals surface area contributed by atoms with E-state index in [0.717, 1.165) is 74.0 Å². The summed E-state index contributed by atoms with van der Waals surface area (Å²) >= 11 is 0. The minimum absolute atomic E-state index is 0.229. The molecule has 1 aromatic rings. The van der Waals surface area contributed by atoms with Gasteiger partial charge < -0.3 is 9.47 Å². The van der Waals surface area contributed by atoms with Crippen LogP contribution in [0, 0.1) is 35.5 Å². The van der Waals surface area contributed by atoms with Crippen molar-refractivity contribution >= 4 is 11.9 Å². The summed E-state index contributed by atoms with van der Waals surface area (Å²) in [5.41, 5.74) is 0.628. The Labute approximate surface area is 190 Å². The highest BCUT2D eigenvalue weighted by Gasteiger charge is 2.54. The molecule has 0 unspecified atom stereocenters. The average Bonchev–Trinajstić information content (AvgIpc) is 2.71. The number of ether oxygens (including phenoxy) is 2. The van der Waals surface area contributed by atoms with Crippen molar-refractivity contribution in [1.82, 2.24) is 0 Å². The first-order valence-electron chi connectivity index (χ1n) is 13.0. The maximum atomic E-state index is 13.0. The summed E-state index contributed by atoms with van der Waals surface area (Å²) in [6, 6.07) is 7.00. The van der Waals surface area contributed by atoms with Gasteiger partial charge in [0.2, 0.25) is 0 Å². The molecule has 8 aliphatic carbocycles. The lowest BCUT2D eigenvalue weighted by atomic mass is 9.54. The molecular formula is C28H34O4. The van der Waals surface area contributed by atoms with Crippen LogP contribution in [-0.4, -0.2) is 23.1 Å². The lowest BCUT2D eigenvalue weighted by Crippen LogP contribution is -2.52. The van der Waals surface area contributed by atoms with Crippen LogP contribution in [0.2, 0.25) is 0 Å². The Kier molecular flexibility index (Phi) is 4.19. The molecule has 0 aliphatic heterocycles. The van der Waals surface area contributed by atoms with Crippen LogP contribution in [0.1, 0.15) is 97.8 Å². The van der Waals surface area contributed by atoms with Crippen LogP contribution in [0.4, 0.5) is 0 Å². The first-order valence-corrected chi connectivity index (χ1v) is 13.0. The number of hydrogen-bond donors (Lipinski definition) is 0. The SMILES string of the molecule is O=C(OC12CC3CC(CC(C3)C1)C2)c1ccc(C(=O)OC23CC4CC(CC(C4)C2)C3)cc1. The minimum Gasteiger partial charge on any atom is -0.455 e. The van der Waals surface area contributed by atoms with Crippen LogP contribution in [-0.2, 0) is 9.47 Å². The lowest BCUT2D eigenvalue weighted by Gasteiger charge is -2.55. The van der Waals surface area contributed by atoms with Crippen LogP contribution < -0.4 is 0 Å². The quantitative estimate of drug-likeness (QED) is 0.551. The smallest absolute Gasteiger partial charge is 0.338 e. The topological polar surface area (TPSA) is 52.6 Å². The van der Waals surface area contributed by atoms with E-state index in [1.165, 1.54) is 38.5 Å². The molecule has 0 spiro atoms. The number of hydrogen-bond acceptors (Lipinski definition) is 4. The zero-order valence-electron chi connectivity index (χ0n) is 18.9. The molecule has 8 bridgehead atoms. The van der Waals surface area contributed by atoms with Gasteiger partial charge in [0.15, 0.2) is 0 Å². The Hall–Kier alpha value is -1.84. The van der Waals surface area contributed by atoms with Gasteiger partial charge in [0.1, 0.15) is 11.2 Å². The van der Waals surface area contributed by atoms with E-state index in [-0.39, 0.29) is 23.1 Å². The zero-order valence-corrected chi connectivity index (χ0v) is 18.9. The van der Waals surface area contributed by atoms with Gasteiger partial charge in [-0.25, -0.2) is 9.59 Å². The van der Waals surface area contributed by atoms with Crippen LogP contribution in [0.25, 0.3) is 0 Å². The summed E-state index contributed by atoms with van der Waals surface area (Å²) in [6.45, 7) is 0. The highest BCUT2D eigenvalue weighted by molar-refractivity contribution is 5.93. The van der Waals surface area contributed by atoms with Crippen molar-refractivity contribution in [2.24, 2.45) is 35.5 Å². The maximum Gasteiger partial charge on any atom is 0.338 e. The molecule has 8 saturated carbocycles. The molecule has 0 heterocycles. The van der Waals surface area contributed by atoms with Gasteiger partial charge in [-0.3, -0.25) is 0 Å². The normalized spacial score (nSPS) is 45.1. The van der Waals surface area contributed by atoms with Crippen molar-refractivity contribution in [2.75, 3.05) is 0 Å². The summed E-state index contributed by atoms with van der Waals surface area (Å²) in [4.78, 5) is 25.9. The second-order valence-electron chi connectivity index (χ2n) is 12.6. The third-order valence-corrected chi connectivity index (χ3v) is 9.94. The standard InChI is InChI=1S/C28H34O4/c29-25(31-27-11-17-5-18(12-27)7-19(6-17)13-27)23-1-2-24(4-3-23)26(30)32-28-14-20-8-21(15-28)10-22(9-20)16-28/h1-4,17-22H,5-16H2. The molecule has 9 rings (SSSR count). The van der Waals surface area contributed by atoms with E-state index in [4.69, 9.17) is 9.47 Å². The van der Waals surface area contributed by atoms with Crippen molar-refractivity contribution < 1.29 is 19.1 Å². The van der Waals surface area contributed by atoms with Gasteiger partial charge in [0.25, 0.3) is 0 Å². The number of carbonyl (C=O) groups excluding carboxylic acids is 2. The fourth-order valence-electron chi connectivity index (χ4n) is 9.57. The molecule has 0 amide bonds. The van der Waals surface area contributed by atoms with E-state index in [1.54, 1.807) is 24.3 Å². The van der Waals surface area contributed by atoms with E-state index in [1.807, 2.05) is 0 Å². The summed E-state index contributed by atoms with van der Waals surface area (Å²) in [7, 11) is 0. The van der Waals surface area contributed by atoms with Crippen molar-refractivity contribution in [3.8, 4) is 0 Å². The number of carbonyl (C=O) groups is 2. The van der Waals surface area contributed by atoms with Gasteiger partial charge in [-0.05, 0) is 137 Å². The van der Waals surface area contributed by atoms with E-state index in [2.05, 4.69) is 0 Å². The number of esters is 2. The summed E-state index contributed by atoms with van der Waals surface area (Å²) in [5.74, 6) is 4.02. The molecule has 4 nitrogen and oxygen atoms in total. The minimum atomic E-state index is -0.234. The summed E-state index contributed by atoms with van der Waals surface area (Å²) in [5, 5.41) is 0. The van der Waals surface area contributed by atoms with Crippen molar-refractivity contribution in [3.05, 3.63) is 35.4 Å². The fourth-order valence-corrected chi connectivity index (χ4v) is 9.57. The van der Waals surface area contributed by atoms with Crippen LogP contribution in [0.15, 0.2) is 24.3 Å². The van der Waals surface area contributed by atoms with Crippen LogP contribution in [0.3, 0.4) is 0 Å². The molecule has 0 radical (unpaired) electrons. The van der Waals surface area contributed by atoms with Crippen LogP contribution >= 0.6 is 0 Å². The largest absolute Gasteiger partial charge is 0.455 e. The molecule has 170 valence electrons. The van der Waals surface area contributed by atoms with Crippen molar-refractivity contribution in [2.45, 2.75) is 88.3 Å². The average molecular weight is 435 g/mol. The van der Waals surface area contributed by atoms with E-state index in [9.17, 15) is 9.59 Å². The van der Waals surface area contributed by atoms with Gasteiger partial charge in [0, 0.05) is 0 Å². The summed E-state index contributed by atoms with van der Waals surface area (Å²) < 4.78 is 12.3. The molecular weight excluding hydrogens is 400 g/mol. The number of benzene rings is 1. The van der Waals surface area contributed by atoms with E-state index >= 15 is 0 Å². The van der Waals surface area contributed by atoms with Crippen molar-refractivity contribution in [1.29, 1.82) is 0 Å². The molecule has 0 aromatic heterocycles. The van der Waals surface area contributed by atoms with Gasteiger partial charge in [0.05, 0.1) is 11.1 Å². The molecule has 0 saturated heterocycles. The molecule has 0 atom stereocenters. The predicted molar refractivity (Wildman–Crippen MR) is 119 cm³/mol. The van der Waals surface area contributed by atoms with Gasteiger partial charge >= 0.3 is 11.9 Å². The Bertz CT molecular complexity index is 797. The zero-order chi connectivity index (χ0) is 21.5. The van der Waals surface area contributed by atoms with Crippen LogP contribution in [0.5, 0.6) is 0 Å². The molecule has 32 heavy (non-hydrogen) atoms. The highest BCUT2D eigenvalue weighted by Crippen LogP contribution is 2.58. The Morgan fingerprint density at radius 2 is 0.781 bits per heavy atom. The Balaban J connectivity index is 1.03. The molecule has 1 aromatic carbocycles. The fraction of sp³-hybridized carbons (Fsp3) is 0.714. The van der Waals surface area contributed by atoms with Gasteiger partial charge in [-0.1, -0.05) is 0 Å². The van der Waals surface area contributed by atoms with Crippen molar-refractivity contribution in [3.63, 3.8) is 0 Å². The summed E-state index contributed by atoms with van der Waals surface area (Å²) in [6.07, 6.45) is 14.2. The molecule has 0 N–H and O–H groups in total. The predicted octanol–water partition coefficient (Wildman–Crippen LogP) is 5.94. The third-order valence-electron chi connectivity index (χ3n) is 9.94. The highest BCUT2D eigenvalue weighted by atomic mass is 16.6. The monoisotopic (exact) mass is 434 g/mol. The van der Waals surface area contributed by atoms with E-state index in [0.29, 0.717) is 11.1 Å². The van der Waals surface area contributed by atoms with Gasteiger partial charge in [-0.2, -0.15) is 0 Å². The second kappa shape index (κ2) is 6.84. The molecule has 8 fully saturated rings. The third kappa shape index (κ3) is 3.23. The Morgan fingerprint density at radius 1 is 0.531 bits per heavy atom. The first kappa shape index (κ1) is 19.6. The molecule has 8 aliphatic rings. The number of rotatable bonds is 4. The van der Waals surface area contributed by atoms with E-state index < -0.39 is 0 Å².